The Balaban J connectivity index is 2.16. The maximum atomic E-state index is 5.67. The molecule has 0 atom stereocenters. The van der Waals surface area contributed by atoms with Crippen LogP contribution in [0.3, 0.4) is 0 Å². The van der Waals surface area contributed by atoms with Crippen LogP contribution in [0.5, 0.6) is 5.75 Å². The number of hydrogen-bond donors (Lipinski definition) is 1. The first kappa shape index (κ1) is 8.57. The van der Waals surface area contributed by atoms with Gasteiger partial charge in [-0.2, -0.15) is 0 Å². The SMILES string of the molecule is Cc1ccc(OC2CC2)cc1CN. The first-order valence-corrected chi connectivity index (χ1v) is 4.76. The van der Waals surface area contributed by atoms with Crippen LogP contribution in [0.2, 0.25) is 0 Å². The third-order valence-corrected chi connectivity index (χ3v) is 2.37. The minimum absolute atomic E-state index is 0.466. The van der Waals surface area contributed by atoms with Crippen LogP contribution in [-0.4, -0.2) is 6.10 Å². The molecule has 2 rings (SSSR count). The second-order valence-electron chi connectivity index (χ2n) is 3.61. The Morgan fingerprint density at radius 3 is 2.85 bits per heavy atom. The van der Waals surface area contributed by atoms with E-state index in [0.717, 1.165) is 5.75 Å². The standard InChI is InChI=1S/C11H15NO/c1-8-2-3-11(6-9(8)7-12)13-10-4-5-10/h2-3,6,10H,4-5,7,12H2,1H3. The van der Waals surface area contributed by atoms with Gasteiger partial charge in [-0.15, -0.1) is 0 Å². The predicted octanol–water partition coefficient (Wildman–Crippen LogP) is 1.99. The smallest absolute Gasteiger partial charge is 0.120 e. The lowest BCUT2D eigenvalue weighted by Gasteiger charge is -2.07. The van der Waals surface area contributed by atoms with Crippen LogP contribution in [0.15, 0.2) is 18.2 Å². The Labute approximate surface area is 78.7 Å². The van der Waals surface area contributed by atoms with E-state index in [2.05, 4.69) is 13.0 Å². The van der Waals surface area contributed by atoms with Crippen molar-refractivity contribution in [1.82, 2.24) is 0 Å². The summed E-state index contributed by atoms with van der Waals surface area (Å²) in [6, 6.07) is 6.14. The minimum Gasteiger partial charge on any atom is -0.490 e. The molecule has 1 aliphatic carbocycles. The summed E-state index contributed by atoms with van der Waals surface area (Å²) in [5.74, 6) is 0.966. The van der Waals surface area contributed by atoms with Gasteiger partial charge in [-0.1, -0.05) is 6.07 Å². The van der Waals surface area contributed by atoms with E-state index >= 15 is 0 Å². The van der Waals surface area contributed by atoms with E-state index < -0.39 is 0 Å². The molecule has 1 fully saturated rings. The van der Waals surface area contributed by atoms with Gasteiger partial charge in [-0.3, -0.25) is 0 Å². The normalized spacial score (nSPS) is 15.8. The quantitative estimate of drug-likeness (QED) is 0.766. The topological polar surface area (TPSA) is 35.2 Å². The monoisotopic (exact) mass is 177 g/mol. The van der Waals surface area contributed by atoms with Gasteiger partial charge in [0.25, 0.3) is 0 Å². The number of nitrogens with two attached hydrogens (primary N) is 1. The molecule has 1 saturated carbocycles. The van der Waals surface area contributed by atoms with Crippen molar-refractivity contribution in [3.8, 4) is 5.75 Å². The summed E-state index contributed by atoms with van der Waals surface area (Å²) in [5.41, 5.74) is 8.03. The maximum absolute atomic E-state index is 5.67. The second kappa shape index (κ2) is 3.38. The number of aryl methyl sites for hydroxylation is 1. The third-order valence-electron chi connectivity index (χ3n) is 2.37. The molecule has 0 unspecified atom stereocenters. The fourth-order valence-corrected chi connectivity index (χ4v) is 1.32. The molecule has 0 heterocycles. The van der Waals surface area contributed by atoms with Crippen molar-refractivity contribution in [2.75, 3.05) is 0 Å². The summed E-state index contributed by atoms with van der Waals surface area (Å²) in [4.78, 5) is 0. The summed E-state index contributed by atoms with van der Waals surface area (Å²) in [5, 5.41) is 0. The van der Waals surface area contributed by atoms with Crippen molar-refractivity contribution >= 4 is 0 Å². The lowest BCUT2D eigenvalue weighted by molar-refractivity contribution is 0.303. The van der Waals surface area contributed by atoms with Crippen LogP contribution < -0.4 is 10.5 Å². The van der Waals surface area contributed by atoms with Gasteiger partial charge in [-0.25, -0.2) is 0 Å². The van der Waals surface area contributed by atoms with Crippen molar-refractivity contribution in [2.45, 2.75) is 32.4 Å². The number of rotatable bonds is 3. The Morgan fingerprint density at radius 1 is 1.46 bits per heavy atom. The van der Waals surface area contributed by atoms with Crippen LogP contribution >= 0.6 is 0 Å². The molecule has 0 saturated heterocycles. The fourth-order valence-electron chi connectivity index (χ4n) is 1.32. The zero-order valence-corrected chi connectivity index (χ0v) is 7.92. The van der Waals surface area contributed by atoms with Gasteiger partial charge in [-0.05, 0) is 43.0 Å². The van der Waals surface area contributed by atoms with E-state index in [9.17, 15) is 0 Å². The highest BCUT2D eigenvalue weighted by Gasteiger charge is 2.23. The minimum atomic E-state index is 0.466. The molecule has 70 valence electrons. The zero-order valence-electron chi connectivity index (χ0n) is 7.92. The van der Waals surface area contributed by atoms with Gasteiger partial charge in [0.05, 0.1) is 6.10 Å². The van der Waals surface area contributed by atoms with Gasteiger partial charge in [0, 0.05) is 6.54 Å². The average Bonchev–Trinajstić information content (AvgIpc) is 2.92. The summed E-state index contributed by atoms with van der Waals surface area (Å²) in [6.07, 6.45) is 2.87. The summed E-state index contributed by atoms with van der Waals surface area (Å²) < 4.78 is 5.67. The Hall–Kier alpha value is -1.02. The van der Waals surface area contributed by atoms with Gasteiger partial charge in [0.2, 0.25) is 0 Å². The van der Waals surface area contributed by atoms with Gasteiger partial charge < -0.3 is 10.5 Å². The van der Waals surface area contributed by atoms with E-state index in [1.165, 1.54) is 24.0 Å². The maximum Gasteiger partial charge on any atom is 0.120 e. The van der Waals surface area contributed by atoms with Gasteiger partial charge >= 0.3 is 0 Å². The van der Waals surface area contributed by atoms with Crippen LogP contribution in [-0.2, 0) is 6.54 Å². The Morgan fingerprint density at radius 2 is 2.23 bits per heavy atom. The molecule has 0 radical (unpaired) electrons. The number of hydrogen-bond acceptors (Lipinski definition) is 2. The van der Waals surface area contributed by atoms with Crippen LogP contribution in [0.25, 0.3) is 0 Å². The van der Waals surface area contributed by atoms with Crippen molar-refractivity contribution in [3.05, 3.63) is 29.3 Å². The lowest BCUT2D eigenvalue weighted by Crippen LogP contribution is -2.01. The molecule has 13 heavy (non-hydrogen) atoms. The summed E-state index contributed by atoms with van der Waals surface area (Å²) in [6.45, 7) is 2.66. The van der Waals surface area contributed by atoms with Crippen molar-refractivity contribution < 1.29 is 4.74 Å². The van der Waals surface area contributed by atoms with Crippen molar-refractivity contribution in [1.29, 1.82) is 0 Å². The fraction of sp³-hybridized carbons (Fsp3) is 0.455. The molecule has 0 aliphatic heterocycles. The molecule has 1 aromatic rings. The lowest BCUT2D eigenvalue weighted by atomic mass is 10.1. The predicted molar refractivity (Wildman–Crippen MR) is 52.7 cm³/mol. The van der Waals surface area contributed by atoms with Crippen LogP contribution in [0.1, 0.15) is 24.0 Å². The van der Waals surface area contributed by atoms with E-state index in [-0.39, 0.29) is 0 Å². The van der Waals surface area contributed by atoms with E-state index in [4.69, 9.17) is 10.5 Å². The zero-order chi connectivity index (χ0) is 9.26. The molecule has 2 N–H and O–H groups in total. The third kappa shape index (κ3) is 2.01. The van der Waals surface area contributed by atoms with Gasteiger partial charge in [0.1, 0.15) is 5.75 Å². The molecular formula is C11H15NO. The van der Waals surface area contributed by atoms with Gasteiger partial charge in [0.15, 0.2) is 0 Å². The first-order chi connectivity index (χ1) is 6.29. The van der Waals surface area contributed by atoms with Crippen molar-refractivity contribution in [2.24, 2.45) is 5.73 Å². The van der Waals surface area contributed by atoms with Crippen LogP contribution in [0.4, 0.5) is 0 Å². The Kier molecular flexibility index (Phi) is 2.23. The van der Waals surface area contributed by atoms with E-state index in [1.807, 2.05) is 12.1 Å². The summed E-state index contributed by atoms with van der Waals surface area (Å²) >= 11 is 0. The molecule has 1 aliphatic rings. The van der Waals surface area contributed by atoms with Crippen LogP contribution in [0, 0.1) is 6.92 Å². The molecule has 0 spiro atoms. The molecular weight excluding hydrogens is 162 g/mol. The average molecular weight is 177 g/mol. The van der Waals surface area contributed by atoms with Crippen molar-refractivity contribution in [3.63, 3.8) is 0 Å². The second-order valence-corrected chi connectivity index (χ2v) is 3.61. The first-order valence-electron chi connectivity index (χ1n) is 4.76. The highest BCUT2D eigenvalue weighted by atomic mass is 16.5. The van der Waals surface area contributed by atoms with E-state index in [1.54, 1.807) is 0 Å². The number of ether oxygens (including phenoxy) is 1. The summed E-state index contributed by atoms with van der Waals surface area (Å²) in [7, 11) is 0. The largest absolute Gasteiger partial charge is 0.490 e. The highest BCUT2D eigenvalue weighted by Crippen LogP contribution is 2.27. The Bertz CT molecular complexity index is 305. The number of benzene rings is 1. The van der Waals surface area contributed by atoms with E-state index in [0.29, 0.717) is 12.6 Å². The molecule has 0 bridgehead atoms. The molecule has 1 aromatic carbocycles. The molecule has 0 aromatic heterocycles. The molecule has 2 heteroatoms. The molecule has 2 nitrogen and oxygen atoms in total. The molecule has 0 amide bonds. The highest BCUT2D eigenvalue weighted by molar-refractivity contribution is 5.35.